The molecule has 0 saturated heterocycles. The van der Waals surface area contributed by atoms with Gasteiger partial charge in [-0.15, -0.1) is 0 Å². The molecule has 0 N–H and O–H groups in total. The van der Waals surface area contributed by atoms with Crippen LogP contribution in [0.25, 0.3) is 0 Å². The van der Waals surface area contributed by atoms with Crippen LogP contribution in [0.2, 0.25) is 0 Å². The van der Waals surface area contributed by atoms with Gasteiger partial charge in [0.15, 0.2) is 0 Å². The summed E-state index contributed by atoms with van der Waals surface area (Å²) in [5, 5.41) is 0. The van der Waals surface area contributed by atoms with Gasteiger partial charge in [0, 0.05) is 12.8 Å². The van der Waals surface area contributed by atoms with Crippen molar-refractivity contribution in [2.45, 2.75) is 232 Å². The van der Waals surface area contributed by atoms with Gasteiger partial charge in [-0.3, -0.25) is 0 Å². The summed E-state index contributed by atoms with van der Waals surface area (Å²) in [5.74, 6) is 0. The highest BCUT2D eigenvalue weighted by atomic mass is 16.5. The van der Waals surface area contributed by atoms with Crippen LogP contribution in [0, 0.1) is 0 Å². The Morgan fingerprint density at radius 1 is 0.396 bits per heavy atom. The lowest BCUT2D eigenvalue weighted by Crippen LogP contribution is -2.49. The topological polar surface area (TPSA) is 9.23 Å². The molecule has 53 heavy (non-hydrogen) atoms. The molecule has 0 heterocycles. The van der Waals surface area contributed by atoms with Gasteiger partial charge in [0.2, 0.25) is 0 Å². The van der Waals surface area contributed by atoms with Crippen LogP contribution in [-0.4, -0.2) is 11.2 Å². The number of hydrogen-bond donors (Lipinski definition) is 0. The van der Waals surface area contributed by atoms with Crippen molar-refractivity contribution in [2.75, 3.05) is 0 Å². The minimum absolute atomic E-state index is 0.427. The van der Waals surface area contributed by atoms with E-state index in [1.165, 1.54) is 178 Å². The van der Waals surface area contributed by atoms with Crippen LogP contribution < -0.4 is 0 Å². The van der Waals surface area contributed by atoms with E-state index in [0.717, 1.165) is 36.8 Å². The van der Waals surface area contributed by atoms with Gasteiger partial charge in [0.25, 0.3) is 0 Å². The second kappa shape index (κ2) is 30.1. The molecule has 0 aliphatic rings. The molecule has 2 aromatic carbocycles. The Balaban J connectivity index is 2.04. The average molecular weight is 727 g/mol. The molecule has 0 spiro atoms. The van der Waals surface area contributed by atoms with Crippen molar-refractivity contribution < 1.29 is 4.74 Å². The lowest BCUT2D eigenvalue weighted by atomic mass is 9.78. The minimum atomic E-state index is -0.427. The van der Waals surface area contributed by atoms with Crippen LogP contribution in [0.4, 0.5) is 0 Å². The molecule has 0 amide bonds. The van der Waals surface area contributed by atoms with Crippen molar-refractivity contribution in [1.29, 1.82) is 0 Å². The van der Waals surface area contributed by atoms with E-state index in [4.69, 9.17) is 4.74 Å². The summed E-state index contributed by atoms with van der Waals surface area (Å²) in [6, 6.07) is 22.0. The summed E-state index contributed by atoms with van der Waals surface area (Å²) in [5.41, 5.74) is 4.13. The normalized spacial score (nSPS) is 13.8. The van der Waals surface area contributed by atoms with Crippen molar-refractivity contribution in [3.05, 3.63) is 96.1 Å². The summed E-state index contributed by atoms with van der Waals surface area (Å²) >= 11 is 0. The maximum absolute atomic E-state index is 7.77. The van der Waals surface area contributed by atoms with E-state index in [-0.39, 0.29) is 0 Å². The van der Waals surface area contributed by atoms with Gasteiger partial charge in [-0.1, -0.05) is 255 Å². The Labute approximate surface area is 331 Å². The second-order valence-corrected chi connectivity index (χ2v) is 17.0. The van der Waals surface area contributed by atoms with Crippen LogP contribution in [-0.2, 0) is 17.6 Å². The third-order valence-electron chi connectivity index (χ3n) is 12.0. The van der Waals surface area contributed by atoms with Gasteiger partial charge in [-0.25, -0.2) is 0 Å². The van der Waals surface area contributed by atoms with Crippen molar-refractivity contribution in [3.8, 4) is 0 Å². The van der Waals surface area contributed by atoms with Crippen LogP contribution in [0.3, 0.4) is 0 Å². The fourth-order valence-corrected chi connectivity index (χ4v) is 8.34. The molecular formula is C52H86O. The summed E-state index contributed by atoms with van der Waals surface area (Å²) in [6.45, 7) is 18.4. The van der Waals surface area contributed by atoms with Gasteiger partial charge in [0.1, 0.15) is 0 Å². The number of rotatable bonds is 36. The van der Waals surface area contributed by atoms with E-state index >= 15 is 0 Å². The lowest BCUT2D eigenvalue weighted by Gasteiger charge is -2.46. The monoisotopic (exact) mass is 727 g/mol. The number of hydrogen-bond acceptors (Lipinski definition) is 1. The van der Waals surface area contributed by atoms with E-state index in [2.05, 4.69) is 102 Å². The fourth-order valence-electron chi connectivity index (χ4n) is 8.34. The van der Waals surface area contributed by atoms with Gasteiger partial charge in [-0.05, 0) is 49.0 Å². The summed E-state index contributed by atoms with van der Waals surface area (Å²) in [6.07, 6.45) is 39.3. The lowest BCUT2D eigenvalue weighted by molar-refractivity contribution is -0.128. The van der Waals surface area contributed by atoms with E-state index in [9.17, 15) is 0 Å². The van der Waals surface area contributed by atoms with Gasteiger partial charge >= 0.3 is 0 Å². The first kappa shape index (κ1) is 47.0. The molecule has 0 aromatic heterocycles. The summed E-state index contributed by atoms with van der Waals surface area (Å²) < 4.78 is 7.77. The second-order valence-electron chi connectivity index (χ2n) is 17.0. The predicted molar refractivity (Wildman–Crippen MR) is 237 cm³/mol. The number of unbranched alkanes of at least 4 members (excludes halogenated alkanes) is 24. The summed E-state index contributed by atoms with van der Waals surface area (Å²) in [7, 11) is 0. The van der Waals surface area contributed by atoms with E-state index in [1.54, 1.807) is 0 Å². The molecule has 2 aromatic rings. The molecule has 0 aliphatic heterocycles. The highest BCUT2D eigenvalue weighted by molar-refractivity contribution is 5.27. The van der Waals surface area contributed by atoms with Crippen LogP contribution in [0.15, 0.2) is 85.0 Å². The van der Waals surface area contributed by atoms with Crippen molar-refractivity contribution in [1.82, 2.24) is 0 Å². The maximum atomic E-state index is 7.77. The molecule has 2 rings (SSSR count). The van der Waals surface area contributed by atoms with Gasteiger partial charge < -0.3 is 4.74 Å². The molecule has 0 saturated carbocycles. The molecule has 300 valence electrons. The smallest absolute Gasteiger partial charge is 0.0938 e. The van der Waals surface area contributed by atoms with Gasteiger partial charge in [0.05, 0.1) is 11.2 Å². The zero-order chi connectivity index (χ0) is 38.3. The Kier molecular flexibility index (Phi) is 26.7. The van der Waals surface area contributed by atoms with E-state index in [0.29, 0.717) is 0 Å². The van der Waals surface area contributed by atoms with Crippen molar-refractivity contribution >= 4 is 0 Å². The third kappa shape index (κ3) is 20.9. The SMILES string of the molecule is C=C(C)C(CCCCCCCCCCCCCCC)(Cc1ccccc1)OC(CCCCCCCCCCCCCCC)(Cc1ccccc1)C(=C)C. The first-order valence-electron chi connectivity index (χ1n) is 23.0. The molecular weight excluding hydrogens is 641 g/mol. The number of benzene rings is 2. The molecule has 0 bridgehead atoms. The molecule has 0 aliphatic carbocycles. The largest absolute Gasteiger partial charge is 0.359 e. The molecule has 0 radical (unpaired) electrons. The average Bonchev–Trinajstić information content (AvgIpc) is 3.16. The predicted octanol–water partition coefficient (Wildman–Crippen LogP) is 17.1. The molecule has 2 unspecified atom stereocenters. The molecule has 1 heteroatoms. The standard InChI is InChI=1S/C52H86O/c1-7-9-11-13-15-17-19-21-23-25-27-29-37-43-51(47(3)4,45-49-39-33-31-34-40-49)53-52(48(5)6,46-50-41-35-32-36-42-50)44-38-30-28-26-24-22-20-18-16-14-12-10-8-2/h31-36,39-42H,3,5,7-30,37-38,43-46H2,1-2,4,6H3. The first-order valence-corrected chi connectivity index (χ1v) is 23.0. The fraction of sp³-hybridized carbons (Fsp3) is 0.692. The third-order valence-corrected chi connectivity index (χ3v) is 12.0. The molecule has 2 atom stereocenters. The maximum Gasteiger partial charge on any atom is 0.0938 e. The highest BCUT2D eigenvalue weighted by Gasteiger charge is 2.43. The Morgan fingerprint density at radius 3 is 0.887 bits per heavy atom. The first-order chi connectivity index (χ1) is 25.9. The van der Waals surface area contributed by atoms with Crippen molar-refractivity contribution in [2.24, 2.45) is 0 Å². The molecule has 1 nitrogen and oxygen atoms in total. The van der Waals surface area contributed by atoms with Gasteiger partial charge in [-0.2, -0.15) is 0 Å². The summed E-state index contributed by atoms with van der Waals surface area (Å²) in [4.78, 5) is 0. The Hall–Kier alpha value is -2.12. The number of ether oxygens (including phenoxy) is 1. The van der Waals surface area contributed by atoms with Crippen LogP contribution in [0.5, 0.6) is 0 Å². The quantitative estimate of drug-likeness (QED) is 0.0502. The Morgan fingerprint density at radius 2 is 0.642 bits per heavy atom. The highest BCUT2D eigenvalue weighted by Crippen LogP contribution is 2.42. The Bertz CT molecular complexity index is 1060. The minimum Gasteiger partial charge on any atom is -0.359 e. The zero-order valence-electron chi connectivity index (χ0n) is 35.8. The zero-order valence-corrected chi connectivity index (χ0v) is 35.8. The molecule has 0 fully saturated rings. The van der Waals surface area contributed by atoms with E-state index < -0.39 is 11.2 Å². The van der Waals surface area contributed by atoms with E-state index in [1.807, 2.05) is 0 Å². The van der Waals surface area contributed by atoms with Crippen LogP contribution >= 0.6 is 0 Å². The van der Waals surface area contributed by atoms with Crippen LogP contribution in [0.1, 0.15) is 219 Å². The van der Waals surface area contributed by atoms with Crippen molar-refractivity contribution in [3.63, 3.8) is 0 Å².